The molecule has 0 N–H and O–H groups in total. The fourth-order valence-electron chi connectivity index (χ4n) is 3.70. The number of thiazole rings is 1. The van der Waals surface area contributed by atoms with Gasteiger partial charge in [0.25, 0.3) is 5.91 Å². The average molecular weight is 508 g/mol. The first-order valence-corrected chi connectivity index (χ1v) is 12.6. The molecule has 170 valence electrons. The highest BCUT2D eigenvalue weighted by Gasteiger charge is 2.17. The molecule has 0 saturated heterocycles. The van der Waals surface area contributed by atoms with Crippen molar-refractivity contribution in [3.63, 3.8) is 0 Å². The number of amides is 1. The topological polar surface area (TPSA) is 73.6 Å². The van der Waals surface area contributed by atoms with Crippen LogP contribution in [0.1, 0.15) is 17.3 Å². The normalized spacial score (nSPS) is 11.9. The molecule has 34 heavy (non-hydrogen) atoms. The summed E-state index contributed by atoms with van der Waals surface area (Å²) in [6.07, 6.45) is 0. The van der Waals surface area contributed by atoms with Crippen LogP contribution in [0.15, 0.2) is 71.0 Å². The molecule has 0 unspecified atom stereocenters. The van der Waals surface area contributed by atoms with Crippen LogP contribution in [0.2, 0.25) is 5.02 Å². The Balaban J connectivity index is 1.69. The highest BCUT2D eigenvalue weighted by Crippen LogP contribution is 2.29. The maximum Gasteiger partial charge on any atom is 0.326 e. The van der Waals surface area contributed by atoms with Crippen LogP contribution in [0.5, 0.6) is 0 Å². The van der Waals surface area contributed by atoms with E-state index in [1.165, 1.54) is 11.3 Å². The Morgan fingerprint density at radius 1 is 1.12 bits per heavy atom. The number of carbonyl (C=O) groups excluding carboxylic acids is 2. The number of para-hydroxylation sites is 2. The molecule has 0 radical (unpaired) electrons. The minimum atomic E-state index is -0.426. The van der Waals surface area contributed by atoms with Gasteiger partial charge in [0, 0.05) is 5.39 Å². The van der Waals surface area contributed by atoms with Gasteiger partial charge in [-0.15, -0.1) is 11.3 Å². The molecule has 0 bridgehead atoms. The number of aromatic nitrogens is 2. The van der Waals surface area contributed by atoms with Gasteiger partial charge in [0.15, 0.2) is 4.80 Å². The number of ether oxygens (including phenoxy) is 1. The third kappa shape index (κ3) is 4.27. The number of benzene rings is 2. The lowest BCUT2D eigenvalue weighted by molar-refractivity contribution is -0.143. The van der Waals surface area contributed by atoms with Gasteiger partial charge >= 0.3 is 5.97 Å². The Kier molecular flexibility index (Phi) is 6.28. The van der Waals surface area contributed by atoms with E-state index in [1.54, 1.807) is 35.0 Å². The smallest absolute Gasteiger partial charge is 0.326 e. The van der Waals surface area contributed by atoms with Crippen LogP contribution in [0.4, 0.5) is 0 Å². The van der Waals surface area contributed by atoms with E-state index < -0.39 is 11.9 Å². The molecule has 9 heteroatoms. The molecule has 0 saturated carbocycles. The second-order valence-electron chi connectivity index (χ2n) is 7.33. The van der Waals surface area contributed by atoms with Crippen molar-refractivity contribution in [1.82, 2.24) is 9.55 Å². The third-order valence-electron chi connectivity index (χ3n) is 5.16. The number of pyridine rings is 1. The van der Waals surface area contributed by atoms with E-state index in [2.05, 4.69) is 4.99 Å². The second-order valence-corrected chi connectivity index (χ2v) is 9.69. The van der Waals surface area contributed by atoms with Crippen LogP contribution in [0.25, 0.3) is 31.7 Å². The van der Waals surface area contributed by atoms with Gasteiger partial charge in [0.1, 0.15) is 6.54 Å². The fourth-order valence-corrected chi connectivity index (χ4v) is 5.78. The number of fused-ring (bicyclic) bond motifs is 2. The van der Waals surface area contributed by atoms with Crippen LogP contribution in [-0.2, 0) is 16.1 Å². The molecule has 0 aliphatic carbocycles. The largest absolute Gasteiger partial charge is 0.465 e. The van der Waals surface area contributed by atoms with E-state index in [4.69, 9.17) is 21.3 Å². The Labute approximate surface area is 207 Å². The van der Waals surface area contributed by atoms with Gasteiger partial charge < -0.3 is 9.30 Å². The number of esters is 1. The molecule has 5 rings (SSSR count). The molecule has 1 amide bonds. The van der Waals surface area contributed by atoms with E-state index in [-0.39, 0.29) is 13.2 Å². The van der Waals surface area contributed by atoms with E-state index >= 15 is 0 Å². The minimum Gasteiger partial charge on any atom is -0.465 e. The summed E-state index contributed by atoms with van der Waals surface area (Å²) in [4.78, 5) is 36.3. The molecular formula is C25H18ClN3O3S2. The van der Waals surface area contributed by atoms with Gasteiger partial charge in [0.05, 0.1) is 43.5 Å². The second kappa shape index (κ2) is 9.50. The van der Waals surface area contributed by atoms with E-state index in [0.29, 0.717) is 37.5 Å². The predicted molar refractivity (Wildman–Crippen MR) is 136 cm³/mol. The number of hydrogen-bond acceptors (Lipinski definition) is 6. The highest BCUT2D eigenvalue weighted by molar-refractivity contribution is 7.16. The van der Waals surface area contributed by atoms with Crippen molar-refractivity contribution in [3.8, 4) is 10.6 Å². The van der Waals surface area contributed by atoms with Crippen LogP contribution in [0, 0.1) is 0 Å². The number of thiophene rings is 1. The lowest BCUT2D eigenvalue weighted by atomic mass is 10.1. The summed E-state index contributed by atoms with van der Waals surface area (Å²) in [7, 11) is 0. The van der Waals surface area contributed by atoms with E-state index in [9.17, 15) is 9.59 Å². The summed E-state index contributed by atoms with van der Waals surface area (Å²) in [5, 5.41) is 3.16. The summed E-state index contributed by atoms with van der Waals surface area (Å²) >= 11 is 9.30. The van der Waals surface area contributed by atoms with Crippen molar-refractivity contribution in [3.05, 3.63) is 81.4 Å². The van der Waals surface area contributed by atoms with Gasteiger partial charge in [-0.05, 0) is 42.6 Å². The molecular weight excluding hydrogens is 490 g/mol. The standard InChI is InChI=1S/C25H18ClN3O3S2/c1-2-32-22(30)14-29-23-17(26)8-5-10-21(23)34-25(29)28-24(31)16-13-19(20-11-6-12-33-20)27-18-9-4-3-7-15(16)18/h3-13H,2,14H2,1H3. The van der Waals surface area contributed by atoms with Gasteiger partial charge in [-0.3, -0.25) is 9.59 Å². The predicted octanol–water partition coefficient (Wildman–Crippen LogP) is 5.94. The van der Waals surface area contributed by atoms with E-state index in [1.807, 2.05) is 53.9 Å². The first-order chi connectivity index (χ1) is 16.5. The zero-order chi connectivity index (χ0) is 23.7. The number of rotatable bonds is 5. The number of hydrogen-bond donors (Lipinski definition) is 0. The average Bonchev–Trinajstić information content (AvgIpc) is 3.48. The maximum atomic E-state index is 13.5. The molecule has 3 aromatic heterocycles. The Hall–Kier alpha value is -3.33. The number of nitrogens with zero attached hydrogens (tertiary/aromatic N) is 3. The monoisotopic (exact) mass is 507 g/mol. The molecule has 2 aromatic carbocycles. The summed E-state index contributed by atoms with van der Waals surface area (Å²) in [6, 6.07) is 18.6. The SMILES string of the molecule is CCOC(=O)Cn1c(=NC(=O)c2cc(-c3cccs3)nc3ccccc23)sc2cccc(Cl)c21. The lowest BCUT2D eigenvalue weighted by Gasteiger charge is -2.07. The third-order valence-corrected chi connectivity index (χ3v) is 7.40. The van der Waals surface area contributed by atoms with Crippen molar-refractivity contribution in [2.24, 2.45) is 4.99 Å². The Bertz CT molecular complexity index is 1600. The molecule has 0 aliphatic heterocycles. The lowest BCUT2D eigenvalue weighted by Crippen LogP contribution is -2.23. The van der Waals surface area contributed by atoms with Gasteiger partial charge in [-0.25, -0.2) is 4.98 Å². The molecule has 5 aromatic rings. The molecule has 0 fully saturated rings. The van der Waals surface area contributed by atoms with Gasteiger partial charge in [0.2, 0.25) is 0 Å². The molecule has 0 atom stereocenters. The number of carbonyl (C=O) groups is 2. The summed E-state index contributed by atoms with van der Waals surface area (Å²) in [5.41, 5.74) is 2.52. The quantitative estimate of drug-likeness (QED) is 0.276. The molecule has 0 aliphatic rings. The van der Waals surface area contributed by atoms with Gasteiger partial charge in [-0.1, -0.05) is 53.3 Å². The first-order valence-electron chi connectivity index (χ1n) is 10.5. The molecule has 3 heterocycles. The van der Waals surface area contributed by atoms with E-state index in [0.717, 1.165) is 9.58 Å². The van der Waals surface area contributed by atoms with Crippen LogP contribution in [-0.4, -0.2) is 28.0 Å². The highest BCUT2D eigenvalue weighted by atomic mass is 35.5. The first kappa shape index (κ1) is 22.5. The van der Waals surface area contributed by atoms with Crippen LogP contribution >= 0.6 is 34.3 Å². The van der Waals surface area contributed by atoms with Crippen LogP contribution in [0.3, 0.4) is 0 Å². The van der Waals surface area contributed by atoms with Crippen molar-refractivity contribution >= 4 is 67.3 Å². The van der Waals surface area contributed by atoms with Crippen molar-refractivity contribution in [2.45, 2.75) is 13.5 Å². The summed E-state index contributed by atoms with van der Waals surface area (Å²) in [6.45, 7) is 1.91. The maximum absolute atomic E-state index is 13.5. The molecule has 6 nitrogen and oxygen atoms in total. The fraction of sp³-hybridized carbons (Fsp3) is 0.120. The minimum absolute atomic E-state index is 0.0960. The van der Waals surface area contributed by atoms with Crippen molar-refractivity contribution in [2.75, 3.05) is 6.61 Å². The molecule has 0 spiro atoms. The summed E-state index contributed by atoms with van der Waals surface area (Å²) < 4.78 is 7.59. The van der Waals surface area contributed by atoms with Crippen molar-refractivity contribution in [1.29, 1.82) is 0 Å². The Morgan fingerprint density at radius 3 is 2.76 bits per heavy atom. The van der Waals surface area contributed by atoms with Crippen LogP contribution < -0.4 is 4.80 Å². The zero-order valence-electron chi connectivity index (χ0n) is 18.0. The van der Waals surface area contributed by atoms with Gasteiger partial charge in [-0.2, -0.15) is 4.99 Å². The zero-order valence-corrected chi connectivity index (χ0v) is 20.4. The van der Waals surface area contributed by atoms with Crippen molar-refractivity contribution < 1.29 is 14.3 Å². The number of halogens is 1. The summed E-state index contributed by atoms with van der Waals surface area (Å²) in [5.74, 6) is -0.845. The Morgan fingerprint density at radius 2 is 1.97 bits per heavy atom.